The van der Waals surface area contributed by atoms with Gasteiger partial charge in [0.15, 0.2) is 0 Å². The van der Waals surface area contributed by atoms with Crippen molar-refractivity contribution in [3.8, 4) is 0 Å². The lowest BCUT2D eigenvalue weighted by molar-refractivity contribution is -0.123. The lowest BCUT2D eigenvalue weighted by atomic mass is 9.83. The van der Waals surface area contributed by atoms with Crippen LogP contribution in [0.15, 0.2) is 71.0 Å². The van der Waals surface area contributed by atoms with Gasteiger partial charge in [0.25, 0.3) is 5.91 Å². The second-order valence-electron chi connectivity index (χ2n) is 4.08. The van der Waals surface area contributed by atoms with Gasteiger partial charge >= 0.3 is 0 Å². The third-order valence-corrected chi connectivity index (χ3v) is 3.06. The zero-order valence-electron chi connectivity index (χ0n) is 9.58. The fourth-order valence-electron chi connectivity index (χ4n) is 2.17. The summed E-state index contributed by atoms with van der Waals surface area (Å²) in [7, 11) is 0. The Hall–Kier alpha value is -2.49. The van der Waals surface area contributed by atoms with Gasteiger partial charge in [-0.3, -0.25) is 4.79 Å². The van der Waals surface area contributed by atoms with E-state index in [9.17, 15) is 4.79 Å². The van der Waals surface area contributed by atoms with Crippen LogP contribution in [-0.4, -0.2) is 5.91 Å². The molecule has 0 spiro atoms. The van der Waals surface area contributed by atoms with Crippen LogP contribution in [0, 0.1) is 0 Å². The molecule has 0 saturated carbocycles. The van der Waals surface area contributed by atoms with Crippen LogP contribution >= 0.6 is 0 Å². The van der Waals surface area contributed by atoms with E-state index in [-0.39, 0.29) is 5.91 Å². The fraction of sp³-hybridized carbons (Fsp3) is 0.0714. The molecule has 0 saturated heterocycles. The first-order chi connectivity index (χ1) is 8.84. The number of carbonyl (C=O) groups is 1. The Labute approximate surface area is 104 Å². The summed E-state index contributed by atoms with van der Waals surface area (Å²) in [5, 5.41) is 7.85. The van der Waals surface area contributed by atoms with Gasteiger partial charge in [-0.25, -0.2) is 5.43 Å². The molecule has 18 heavy (non-hydrogen) atoms. The quantitative estimate of drug-likeness (QED) is 0.856. The largest absolute Gasteiger partial charge is 0.280 e. The molecule has 0 atom stereocenters. The maximum Gasteiger partial charge on any atom is 0.280 e. The summed E-state index contributed by atoms with van der Waals surface area (Å²) in [4.78, 5) is 12.2. The molecule has 1 N–H and O–H groups in total. The van der Waals surface area contributed by atoms with E-state index < -0.39 is 5.54 Å². The first-order valence-electron chi connectivity index (χ1n) is 5.67. The topological polar surface area (TPSA) is 53.8 Å². The molecule has 2 aromatic carbocycles. The number of nitrogens with one attached hydrogen (secondary N) is 1. The van der Waals surface area contributed by atoms with Crippen LogP contribution in [0.25, 0.3) is 0 Å². The first kappa shape index (κ1) is 10.7. The second kappa shape index (κ2) is 4.07. The molecule has 2 aromatic rings. The van der Waals surface area contributed by atoms with Crippen molar-refractivity contribution in [2.45, 2.75) is 5.54 Å². The predicted octanol–water partition coefficient (Wildman–Crippen LogP) is 2.43. The van der Waals surface area contributed by atoms with E-state index in [1.807, 2.05) is 60.7 Å². The Bertz CT molecular complexity index is 553. The van der Waals surface area contributed by atoms with E-state index in [2.05, 4.69) is 15.8 Å². The summed E-state index contributed by atoms with van der Waals surface area (Å²) >= 11 is 0. The standard InChI is InChI=1S/C14H11N3O/c18-13-14(16-17-15-13,11-7-3-1-4-8-11)12-9-5-2-6-10-12/h1-10H,(H,15,16,18). The SMILES string of the molecule is O=C1NN=NC1(c1ccccc1)c1ccccc1. The first-order valence-corrected chi connectivity index (χ1v) is 5.67. The molecule has 4 nitrogen and oxygen atoms in total. The van der Waals surface area contributed by atoms with Crippen molar-refractivity contribution in [3.63, 3.8) is 0 Å². The smallest absolute Gasteiger partial charge is 0.269 e. The molecule has 1 aliphatic rings. The molecule has 0 aliphatic carbocycles. The summed E-state index contributed by atoms with van der Waals surface area (Å²) in [6.07, 6.45) is 0. The summed E-state index contributed by atoms with van der Waals surface area (Å²) in [5.74, 6) is -0.222. The van der Waals surface area contributed by atoms with Gasteiger partial charge < -0.3 is 0 Å². The van der Waals surface area contributed by atoms with Crippen molar-refractivity contribution >= 4 is 5.91 Å². The van der Waals surface area contributed by atoms with Crippen LogP contribution < -0.4 is 5.43 Å². The number of carbonyl (C=O) groups excluding carboxylic acids is 1. The Morgan fingerprint density at radius 3 is 1.72 bits per heavy atom. The van der Waals surface area contributed by atoms with E-state index in [4.69, 9.17) is 0 Å². The third-order valence-electron chi connectivity index (χ3n) is 3.06. The lowest BCUT2D eigenvalue weighted by Gasteiger charge is -2.22. The summed E-state index contributed by atoms with van der Waals surface area (Å²) in [6, 6.07) is 18.9. The Morgan fingerprint density at radius 2 is 1.33 bits per heavy atom. The van der Waals surface area contributed by atoms with Crippen molar-refractivity contribution in [1.82, 2.24) is 5.43 Å². The Kier molecular flexibility index (Phi) is 2.41. The van der Waals surface area contributed by atoms with Gasteiger partial charge in [-0.05, 0) is 11.1 Å². The molecule has 1 amide bonds. The second-order valence-corrected chi connectivity index (χ2v) is 4.08. The highest BCUT2D eigenvalue weighted by molar-refractivity contribution is 5.92. The number of hydrogen-bond donors (Lipinski definition) is 1. The van der Waals surface area contributed by atoms with E-state index >= 15 is 0 Å². The van der Waals surface area contributed by atoms with E-state index in [1.54, 1.807) is 0 Å². The van der Waals surface area contributed by atoms with E-state index in [1.165, 1.54) is 0 Å². The highest BCUT2D eigenvalue weighted by atomic mass is 16.2. The van der Waals surface area contributed by atoms with E-state index in [0.717, 1.165) is 11.1 Å². The van der Waals surface area contributed by atoms with Gasteiger partial charge in [0.05, 0.1) is 0 Å². The highest BCUT2D eigenvalue weighted by Crippen LogP contribution is 2.36. The van der Waals surface area contributed by atoms with Crippen LogP contribution in [0.3, 0.4) is 0 Å². The van der Waals surface area contributed by atoms with Crippen molar-refractivity contribution < 1.29 is 4.79 Å². The van der Waals surface area contributed by atoms with Crippen molar-refractivity contribution in [2.24, 2.45) is 10.3 Å². The Balaban J connectivity index is 2.24. The molecule has 88 valence electrons. The minimum atomic E-state index is -1.05. The molecule has 3 rings (SSSR count). The van der Waals surface area contributed by atoms with E-state index in [0.29, 0.717) is 0 Å². The average molecular weight is 237 g/mol. The maximum absolute atomic E-state index is 12.2. The van der Waals surface area contributed by atoms with Gasteiger partial charge in [0, 0.05) is 0 Å². The third kappa shape index (κ3) is 1.43. The van der Waals surface area contributed by atoms with Gasteiger partial charge in [-0.15, -0.1) is 5.11 Å². The maximum atomic E-state index is 12.2. The fourth-order valence-corrected chi connectivity index (χ4v) is 2.17. The van der Waals surface area contributed by atoms with Crippen molar-refractivity contribution in [1.29, 1.82) is 0 Å². The van der Waals surface area contributed by atoms with Crippen molar-refractivity contribution in [3.05, 3.63) is 71.8 Å². The van der Waals surface area contributed by atoms with Gasteiger partial charge in [0.2, 0.25) is 5.54 Å². The van der Waals surface area contributed by atoms with Crippen molar-refractivity contribution in [2.75, 3.05) is 0 Å². The van der Waals surface area contributed by atoms with Crippen LogP contribution in [0.1, 0.15) is 11.1 Å². The van der Waals surface area contributed by atoms with Crippen LogP contribution in [-0.2, 0) is 10.3 Å². The molecule has 0 fully saturated rings. The molecule has 0 radical (unpaired) electrons. The minimum Gasteiger partial charge on any atom is -0.269 e. The normalized spacial score (nSPS) is 16.6. The van der Waals surface area contributed by atoms with Crippen LogP contribution in [0.5, 0.6) is 0 Å². The zero-order valence-corrected chi connectivity index (χ0v) is 9.58. The molecule has 0 aromatic heterocycles. The van der Waals surface area contributed by atoms with Gasteiger partial charge in [-0.1, -0.05) is 65.9 Å². The minimum absolute atomic E-state index is 0.222. The number of benzene rings is 2. The van der Waals surface area contributed by atoms with Gasteiger partial charge in [0.1, 0.15) is 0 Å². The number of nitrogens with zero attached hydrogens (tertiary/aromatic N) is 2. The lowest BCUT2D eigenvalue weighted by Crippen LogP contribution is -2.37. The molecule has 4 heteroatoms. The molecular formula is C14H11N3O. The molecule has 0 bridgehead atoms. The summed E-state index contributed by atoms with van der Waals surface area (Å²) in [5.41, 5.74) is 3.00. The predicted molar refractivity (Wildman–Crippen MR) is 66.7 cm³/mol. The average Bonchev–Trinajstić information content (AvgIpc) is 2.84. The number of hydrogen-bond acceptors (Lipinski definition) is 3. The molecule has 0 unspecified atom stereocenters. The summed E-state index contributed by atoms with van der Waals surface area (Å²) < 4.78 is 0. The monoisotopic (exact) mass is 237 g/mol. The molecule has 1 aliphatic heterocycles. The Morgan fingerprint density at radius 1 is 0.833 bits per heavy atom. The number of amides is 1. The zero-order chi connectivity index (χ0) is 12.4. The molecule has 1 heterocycles. The van der Waals surface area contributed by atoms with Gasteiger partial charge in [-0.2, -0.15) is 0 Å². The van der Waals surface area contributed by atoms with Crippen LogP contribution in [0.4, 0.5) is 0 Å². The highest BCUT2D eigenvalue weighted by Gasteiger charge is 2.45. The number of rotatable bonds is 2. The summed E-state index contributed by atoms with van der Waals surface area (Å²) in [6.45, 7) is 0. The molecular weight excluding hydrogens is 226 g/mol. The van der Waals surface area contributed by atoms with Crippen LogP contribution in [0.2, 0.25) is 0 Å².